The summed E-state index contributed by atoms with van der Waals surface area (Å²) in [6.45, 7) is -0.562. The minimum absolute atomic E-state index is 0.0693. The van der Waals surface area contributed by atoms with Gasteiger partial charge >= 0.3 is 12.1 Å². The molecule has 0 saturated carbocycles. The number of rotatable bonds is 10. The number of hydrogen-bond acceptors (Lipinski definition) is 8. The van der Waals surface area contributed by atoms with E-state index in [-0.39, 0.29) is 28.5 Å². The second kappa shape index (κ2) is 11.3. The Morgan fingerprint density at radius 1 is 1.29 bits per heavy atom. The van der Waals surface area contributed by atoms with Gasteiger partial charge in [-0.2, -0.15) is 13.2 Å². The molecule has 13 heteroatoms. The van der Waals surface area contributed by atoms with Gasteiger partial charge in [-0.05, 0) is 42.4 Å². The van der Waals surface area contributed by atoms with E-state index in [0.29, 0.717) is 23.9 Å². The highest BCUT2D eigenvalue weighted by Gasteiger charge is 2.32. The lowest BCUT2D eigenvalue weighted by Crippen LogP contribution is -2.22. The molecule has 186 valence electrons. The number of ether oxygens (including phenoxy) is 1. The van der Waals surface area contributed by atoms with Crippen molar-refractivity contribution >= 4 is 21.5 Å². The van der Waals surface area contributed by atoms with Crippen molar-refractivity contribution in [2.75, 3.05) is 33.0 Å². The van der Waals surface area contributed by atoms with E-state index in [1.807, 2.05) is 0 Å². The van der Waals surface area contributed by atoms with Crippen molar-refractivity contribution in [3.8, 4) is 11.3 Å². The molecule has 0 fully saturated rings. The lowest BCUT2D eigenvalue weighted by molar-refractivity contribution is -0.141. The molecule has 0 spiro atoms. The number of sulfone groups is 1. The number of carbonyl (C=O) groups is 1. The molecule has 1 heterocycles. The SMILES string of the molecule is CNCCOC(=O)CN=C(/C=C(\N)C(F)(F)F)c1ccc(-c2ccc(CO)c(S(C)(=O)=O)c2)[nH]1. The minimum atomic E-state index is -4.81. The van der Waals surface area contributed by atoms with Crippen LogP contribution in [0.1, 0.15) is 11.3 Å². The first-order valence-electron chi connectivity index (χ1n) is 9.89. The number of carbonyl (C=O) groups excluding carboxylic acids is 1. The number of aliphatic imine (C=N–C) groups is 1. The van der Waals surface area contributed by atoms with E-state index in [9.17, 15) is 31.5 Å². The van der Waals surface area contributed by atoms with Gasteiger partial charge in [0.15, 0.2) is 9.84 Å². The highest BCUT2D eigenvalue weighted by molar-refractivity contribution is 7.90. The van der Waals surface area contributed by atoms with E-state index in [1.54, 1.807) is 13.1 Å². The average Bonchev–Trinajstić information content (AvgIpc) is 3.25. The van der Waals surface area contributed by atoms with Crippen molar-refractivity contribution in [3.05, 3.63) is 53.4 Å². The molecule has 2 rings (SSSR count). The number of nitrogens with zero attached hydrogens (tertiary/aromatic N) is 1. The summed E-state index contributed by atoms with van der Waals surface area (Å²) < 4.78 is 68.0. The number of aliphatic hydroxyl groups excluding tert-OH is 1. The van der Waals surface area contributed by atoms with E-state index in [4.69, 9.17) is 10.5 Å². The third kappa shape index (κ3) is 7.43. The van der Waals surface area contributed by atoms with Gasteiger partial charge in [0.25, 0.3) is 0 Å². The average molecular weight is 503 g/mol. The molecule has 1 aromatic heterocycles. The van der Waals surface area contributed by atoms with Gasteiger partial charge in [-0.1, -0.05) is 12.1 Å². The standard InChI is InChI=1S/C21H25F3N4O5S/c1-26-7-8-33-20(30)11-27-17(10-19(25)21(22,23)24)16-6-5-15(28-16)13-3-4-14(12-29)18(9-13)34(2,31)32/h3-6,9-10,26,28-29H,7-8,11-12,25H2,1-2H3/b19-10-,27-17?. The Morgan fingerprint density at radius 2 is 2.00 bits per heavy atom. The molecule has 0 amide bonds. The van der Waals surface area contributed by atoms with Crippen LogP contribution in [0.5, 0.6) is 0 Å². The number of alkyl halides is 3. The van der Waals surface area contributed by atoms with Crippen LogP contribution in [0.25, 0.3) is 11.3 Å². The number of aliphatic hydroxyl groups is 1. The van der Waals surface area contributed by atoms with Crippen LogP contribution in [0.2, 0.25) is 0 Å². The van der Waals surface area contributed by atoms with Gasteiger partial charge in [0, 0.05) is 18.5 Å². The Hall–Kier alpha value is -3.16. The summed E-state index contributed by atoms with van der Waals surface area (Å²) in [5, 5.41) is 12.2. The molecule has 0 atom stereocenters. The fourth-order valence-electron chi connectivity index (χ4n) is 2.81. The number of nitrogens with one attached hydrogen (secondary N) is 2. The highest BCUT2D eigenvalue weighted by atomic mass is 32.2. The Balaban J connectivity index is 2.44. The van der Waals surface area contributed by atoms with Crippen LogP contribution in [0.15, 0.2) is 52.0 Å². The predicted octanol–water partition coefficient (Wildman–Crippen LogP) is 1.53. The van der Waals surface area contributed by atoms with Crippen molar-refractivity contribution < 1.29 is 36.2 Å². The summed E-state index contributed by atoms with van der Waals surface area (Å²) in [5.74, 6) is -0.740. The Labute approximate surface area is 194 Å². The number of allylic oxidation sites excluding steroid dienone is 2. The summed E-state index contributed by atoms with van der Waals surface area (Å²) in [4.78, 5) is 18.5. The Kier molecular flexibility index (Phi) is 9.01. The number of H-pyrrole nitrogens is 1. The van der Waals surface area contributed by atoms with Gasteiger partial charge in [0.1, 0.15) is 18.8 Å². The smallest absolute Gasteiger partial charge is 0.430 e. The normalized spacial score (nSPS) is 13.2. The Bertz CT molecular complexity index is 1190. The van der Waals surface area contributed by atoms with Crippen LogP contribution in [0.4, 0.5) is 13.2 Å². The molecule has 34 heavy (non-hydrogen) atoms. The molecule has 2 aromatic rings. The van der Waals surface area contributed by atoms with E-state index < -0.39 is 40.8 Å². The van der Waals surface area contributed by atoms with Gasteiger partial charge in [-0.3, -0.25) is 9.79 Å². The number of esters is 1. The summed E-state index contributed by atoms with van der Waals surface area (Å²) in [6, 6.07) is 7.25. The van der Waals surface area contributed by atoms with Crippen molar-refractivity contribution in [2.24, 2.45) is 10.7 Å². The van der Waals surface area contributed by atoms with Gasteiger partial charge in [-0.25, -0.2) is 8.42 Å². The number of halogens is 3. The van der Waals surface area contributed by atoms with Crippen LogP contribution in [-0.2, 0) is 26.0 Å². The Morgan fingerprint density at radius 3 is 2.59 bits per heavy atom. The monoisotopic (exact) mass is 502 g/mol. The van der Waals surface area contributed by atoms with Crippen molar-refractivity contribution in [1.29, 1.82) is 0 Å². The fraction of sp³-hybridized carbons (Fsp3) is 0.333. The van der Waals surface area contributed by atoms with Crippen LogP contribution in [0.3, 0.4) is 0 Å². The molecule has 1 aromatic carbocycles. The second-order valence-corrected chi connectivity index (χ2v) is 9.15. The molecule has 9 nitrogen and oxygen atoms in total. The largest absolute Gasteiger partial charge is 0.463 e. The number of benzene rings is 1. The number of aromatic amines is 1. The van der Waals surface area contributed by atoms with Gasteiger partial charge < -0.3 is 25.9 Å². The van der Waals surface area contributed by atoms with E-state index >= 15 is 0 Å². The maximum absolute atomic E-state index is 13.0. The molecule has 0 aliphatic carbocycles. The first-order chi connectivity index (χ1) is 15.9. The number of nitrogens with two attached hydrogens (primary N) is 1. The molecule has 0 bridgehead atoms. The lowest BCUT2D eigenvalue weighted by Gasteiger charge is -2.09. The number of hydrogen-bond donors (Lipinski definition) is 4. The van der Waals surface area contributed by atoms with Crippen LogP contribution < -0.4 is 11.1 Å². The second-order valence-electron chi connectivity index (χ2n) is 7.16. The zero-order chi connectivity index (χ0) is 25.5. The highest BCUT2D eigenvalue weighted by Crippen LogP contribution is 2.26. The van der Waals surface area contributed by atoms with Gasteiger partial charge in [-0.15, -0.1) is 0 Å². The van der Waals surface area contributed by atoms with Gasteiger partial charge in [0.05, 0.1) is 22.9 Å². The minimum Gasteiger partial charge on any atom is -0.463 e. The molecule has 0 saturated heterocycles. The predicted molar refractivity (Wildman–Crippen MR) is 120 cm³/mol. The number of likely N-dealkylation sites (N-methyl/N-ethyl adjacent to an activating group) is 1. The van der Waals surface area contributed by atoms with Gasteiger partial charge in [0.2, 0.25) is 0 Å². The first kappa shape index (κ1) is 27.1. The summed E-state index contributed by atoms with van der Waals surface area (Å²) >= 11 is 0. The lowest BCUT2D eigenvalue weighted by atomic mass is 10.1. The van der Waals surface area contributed by atoms with Crippen LogP contribution >= 0.6 is 0 Å². The molecule has 0 aliphatic rings. The number of aromatic nitrogens is 1. The van der Waals surface area contributed by atoms with Crippen molar-refractivity contribution in [1.82, 2.24) is 10.3 Å². The maximum atomic E-state index is 13.0. The third-order valence-corrected chi connectivity index (χ3v) is 5.70. The van der Waals surface area contributed by atoms with E-state index in [2.05, 4.69) is 15.3 Å². The van der Waals surface area contributed by atoms with Crippen molar-refractivity contribution in [2.45, 2.75) is 17.7 Å². The van der Waals surface area contributed by atoms with Crippen molar-refractivity contribution in [3.63, 3.8) is 0 Å². The maximum Gasteiger partial charge on any atom is 0.430 e. The quantitative estimate of drug-likeness (QED) is 0.219. The zero-order valence-electron chi connectivity index (χ0n) is 18.4. The van der Waals surface area contributed by atoms with E-state index in [1.165, 1.54) is 24.3 Å². The summed E-state index contributed by atoms with van der Waals surface area (Å²) in [7, 11) is -1.99. The molecular weight excluding hydrogens is 477 g/mol. The molecule has 5 N–H and O–H groups in total. The summed E-state index contributed by atoms with van der Waals surface area (Å²) in [6.07, 6.45) is -3.22. The third-order valence-electron chi connectivity index (χ3n) is 4.52. The molecule has 0 unspecified atom stereocenters. The zero-order valence-corrected chi connectivity index (χ0v) is 19.3. The van der Waals surface area contributed by atoms with E-state index in [0.717, 1.165) is 6.26 Å². The summed E-state index contributed by atoms with van der Waals surface area (Å²) in [5.41, 5.74) is 4.56. The first-order valence-corrected chi connectivity index (χ1v) is 11.8. The molecular formula is C21H25F3N4O5S. The van der Waals surface area contributed by atoms with Crippen LogP contribution in [-0.4, -0.2) is 69.4 Å². The fourth-order valence-corrected chi connectivity index (χ4v) is 3.76. The van der Waals surface area contributed by atoms with Crippen LogP contribution in [0, 0.1) is 0 Å². The topological polar surface area (TPSA) is 147 Å². The molecule has 0 radical (unpaired) electrons. The molecule has 0 aliphatic heterocycles.